The van der Waals surface area contributed by atoms with E-state index in [1.807, 2.05) is 4.90 Å². The Labute approximate surface area is 144 Å². The molecule has 0 spiro atoms. The molecule has 0 radical (unpaired) electrons. The number of hydrogen-bond acceptors (Lipinski definition) is 6. The van der Waals surface area contributed by atoms with Crippen LogP contribution in [-0.4, -0.2) is 31.3 Å². The first kappa shape index (κ1) is 15.1. The molecule has 0 saturated carbocycles. The zero-order valence-electron chi connectivity index (χ0n) is 13.0. The third-order valence-electron chi connectivity index (χ3n) is 4.79. The molecule has 0 aromatic carbocycles. The van der Waals surface area contributed by atoms with Gasteiger partial charge in [0.1, 0.15) is 17.0 Å². The number of alkyl halides is 3. The third-order valence-corrected chi connectivity index (χ3v) is 5.99. The Kier molecular flexibility index (Phi) is 3.09. The van der Waals surface area contributed by atoms with E-state index in [4.69, 9.17) is 0 Å². The fourth-order valence-corrected chi connectivity index (χ4v) is 4.92. The first-order valence-electron chi connectivity index (χ1n) is 8.02. The zero-order valence-corrected chi connectivity index (χ0v) is 13.9. The Morgan fingerprint density at radius 1 is 1.08 bits per heavy atom. The van der Waals surface area contributed by atoms with Gasteiger partial charge in [-0.25, -0.2) is 9.97 Å². The molecule has 1 aliphatic heterocycles. The van der Waals surface area contributed by atoms with E-state index in [1.54, 1.807) is 11.3 Å². The molecular formula is C15H13F3N6S. The van der Waals surface area contributed by atoms with Crippen molar-refractivity contribution < 1.29 is 13.2 Å². The first-order chi connectivity index (χ1) is 12.0. The highest BCUT2D eigenvalue weighted by molar-refractivity contribution is 7.19. The van der Waals surface area contributed by atoms with Crippen LogP contribution >= 0.6 is 11.3 Å². The molecule has 130 valence electrons. The van der Waals surface area contributed by atoms with Crippen LogP contribution in [0.25, 0.3) is 10.2 Å². The average molecular weight is 366 g/mol. The lowest BCUT2D eigenvalue weighted by Gasteiger charge is -2.29. The lowest BCUT2D eigenvalue weighted by atomic mass is 10.1. The maximum Gasteiger partial charge on any atom is 0.451 e. The molecule has 0 atom stereocenters. The summed E-state index contributed by atoms with van der Waals surface area (Å²) in [5.74, 6) is 0.191. The molecular weight excluding hydrogens is 353 g/mol. The van der Waals surface area contributed by atoms with Gasteiger partial charge in [0.2, 0.25) is 5.82 Å². The average Bonchev–Trinajstić information content (AvgIpc) is 3.26. The molecule has 3 aromatic heterocycles. The van der Waals surface area contributed by atoms with Gasteiger partial charge in [0, 0.05) is 18.0 Å². The number of rotatable bonds is 1. The van der Waals surface area contributed by atoms with Crippen LogP contribution in [0.5, 0.6) is 0 Å². The lowest BCUT2D eigenvalue weighted by molar-refractivity contribution is -0.147. The van der Waals surface area contributed by atoms with Crippen molar-refractivity contribution in [3.63, 3.8) is 0 Å². The van der Waals surface area contributed by atoms with Crippen LogP contribution in [0.3, 0.4) is 0 Å². The zero-order chi connectivity index (χ0) is 17.2. The highest BCUT2D eigenvalue weighted by atomic mass is 32.1. The second-order valence-electron chi connectivity index (χ2n) is 6.25. The Morgan fingerprint density at radius 3 is 2.80 bits per heavy atom. The molecule has 1 aliphatic carbocycles. The maximum absolute atomic E-state index is 13.0. The van der Waals surface area contributed by atoms with Gasteiger partial charge in [0.25, 0.3) is 0 Å². The topological polar surface area (TPSA) is 59.7 Å². The number of aryl methyl sites for hydroxylation is 2. The maximum atomic E-state index is 13.0. The second kappa shape index (κ2) is 5.13. The summed E-state index contributed by atoms with van der Waals surface area (Å²) in [7, 11) is 0. The molecule has 0 saturated heterocycles. The van der Waals surface area contributed by atoms with Gasteiger partial charge in [-0.15, -0.1) is 21.5 Å². The van der Waals surface area contributed by atoms with Crippen molar-refractivity contribution in [1.82, 2.24) is 24.7 Å². The van der Waals surface area contributed by atoms with E-state index in [1.165, 1.54) is 16.8 Å². The molecule has 6 nitrogen and oxygen atoms in total. The number of thiophene rings is 1. The lowest BCUT2D eigenvalue weighted by Crippen LogP contribution is -2.36. The molecule has 25 heavy (non-hydrogen) atoms. The van der Waals surface area contributed by atoms with E-state index in [0.717, 1.165) is 39.9 Å². The van der Waals surface area contributed by atoms with E-state index in [-0.39, 0.29) is 13.1 Å². The van der Waals surface area contributed by atoms with Gasteiger partial charge in [-0.05, 0) is 24.8 Å². The van der Waals surface area contributed by atoms with Crippen molar-refractivity contribution in [3.05, 3.63) is 28.4 Å². The van der Waals surface area contributed by atoms with Crippen molar-refractivity contribution in [2.45, 2.75) is 38.5 Å². The number of halogens is 3. The second-order valence-corrected chi connectivity index (χ2v) is 7.33. The van der Waals surface area contributed by atoms with Crippen molar-refractivity contribution in [3.8, 4) is 0 Å². The van der Waals surface area contributed by atoms with E-state index >= 15 is 0 Å². The van der Waals surface area contributed by atoms with E-state index in [0.29, 0.717) is 12.4 Å². The van der Waals surface area contributed by atoms with Crippen LogP contribution in [0.4, 0.5) is 19.0 Å². The molecule has 10 heteroatoms. The summed E-state index contributed by atoms with van der Waals surface area (Å²) in [4.78, 5) is 13.1. The highest BCUT2D eigenvalue weighted by Crippen LogP contribution is 2.40. The number of aromatic nitrogens is 5. The van der Waals surface area contributed by atoms with Crippen molar-refractivity contribution in [1.29, 1.82) is 0 Å². The van der Waals surface area contributed by atoms with Gasteiger partial charge in [-0.3, -0.25) is 0 Å². The first-order valence-corrected chi connectivity index (χ1v) is 8.83. The minimum atomic E-state index is -4.48. The standard InChI is InChI=1S/C15H13F3N6S/c16-15(17,18)14-22-21-10-6-23(4-5-24(10)14)12-11-8-2-1-3-9(8)25-13(11)20-7-19-12/h7H,1-6H2. The number of nitrogens with zero attached hydrogens (tertiary/aromatic N) is 6. The number of anilines is 1. The Bertz CT molecular complexity index is 976. The summed E-state index contributed by atoms with van der Waals surface area (Å²) in [6, 6.07) is 0. The normalized spacial score (nSPS) is 17.2. The monoisotopic (exact) mass is 366 g/mol. The summed E-state index contributed by atoms with van der Waals surface area (Å²) in [5, 5.41) is 8.15. The molecule has 0 fully saturated rings. The van der Waals surface area contributed by atoms with E-state index < -0.39 is 12.0 Å². The van der Waals surface area contributed by atoms with E-state index in [9.17, 15) is 13.2 Å². The smallest absolute Gasteiger partial charge is 0.347 e. The van der Waals surface area contributed by atoms with E-state index in [2.05, 4.69) is 20.2 Å². The van der Waals surface area contributed by atoms with Crippen LogP contribution < -0.4 is 4.90 Å². The van der Waals surface area contributed by atoms with Crippen LogP contribution in [0.2, 0.25) is 0 Å². The van der Waals surface area contributed by atoms with Gasteiger partial charge < -0.3 is 9.47 Å². The molecule has 0 bridgehead atoms. The molecule has 0 unspecified atom stereocenters. The summed E-state index contributed by atoms with van der Waals surface area (Å²) >= 11 is 1.70. The number of fused-ring (bicyclic) bond motifs is 4. The highest BCUT2D eigenvalue weighted by Gasteiger charge is 2.39. The largest absolute Gasteiger partial charge is 0.451 e. The minimum absolute atomic E-state index is 0.189. The van der Waals surface area contributed by atoms with Crippen molar-refractivity contribution in [2.75, 3.05) is 11.4 Å². The van der Waals surface area contributed by atoms with Crippen LogP contribution in [0, 0.1) is 0 Å². The Hall–Kier alpha value is -2.23. The molecule has 5 rings (SSSR count). The van der Waals surface area contributed by atoms with Crippen LogP contribution in [0.15, 0.2) is 6.33 Å². The summed E-state index contributed by atoms with van der Waals surface area (Å²) in [6.45, 7) is 0.889. The van der Waals surface area contributed by atoms with Gasteiger partial charge in [0.05, 0.1) is 11.9 Å². The van der Waals surface area contributed by atoms with Crippen molar-refractivity contribution in [2.24, 2.45) is 0 Å². The predicted octanol–water partition coefficient (Wildman–Crippen LogP) is 2.81. The fourth-order valence-electron chi connectivity index (χ4n) is 3.70. The van der Waals surface area contributed by atoms with Gasteiger partial charge in [0.15, 0.2) is 5.82 Å². The van der Waals surface area contributed by atoms with Gasteiger partial charge in [-0.2, -0.15) is 13.2 Å². The molecule has 0 amide bonds. The predicted molar refractivity (Wildman–Crippen MR) is 85.5 cm³/mol. The summed E-state index contributed by atoms with van der Waals surface area (Å²) < 4.78 is 40.1. The molecule has 4 heterocycles. The summed E-state index contributed by atoms with van der Waals surface area (Å²) in [5.41, 5.74) is 1.30. The number of hydrogen-bond donors (Lipinski definition) is 0. The Morgan fingerprint density at radius 2 is 1.96 bits per heavy atom. The quantitative estimate of drug-likeness (QED) is 0.663. The Balaban J connectivity index is 1.56. The molecule has 2 aliphatic rings. The SMILES string of the molecule is FC(F)(F)c1nnc2n1CCN(c1ncnc3sc4c(c13)CCC4)C2. The van der Waals surface area contributed by atoms with Gasteiger partial charge in [-0.1, -0.05) is 0 Å². The van der Waals surface area contributed by atoms with Crippen molar-refractivity contribution >= 4 is 27.4 Å². The van der Waals surface area contributed by atoms with Crippen LogP contribution in [0.1, 0.15) is 28.5 Å². The summed E-state index contributed by atoms with van der Waals surface area (Å²) in [6.07, 6.45) is 0.263. The van der Waals surface area contributed by atoms with Gasteiger partial charge >= 0.3 is 6.18 Å². The fraction of sp³-hybridized carbons (Fsp3) is 0.467. The molecule has 0 N–H and O–H groups in total. The molecule has 3 aromatic rings. The van der Waals surface area contributed by atoms with Crippen LogP contribution in [-0.2, 0) is 32.1 Å². The minimum Gasteiger partial charge on any atom is -0.347 e. The third kappa shape index (κ3) is 2.23.